The molecule has 1 aliphatic carbocycles. The van der Waals surface area contributed by atoms with E-state index in [-0.39, 0.29) is 5.91 Å². The lowest BCUT2D eigenvalue weighted by atomic mass is 9.86. The van der Waals surface area contributed by atoms with Crippen molar-refractivity contribution in [1.29, 1.82) is 0 Å². The van der Waals surface area contributed by atoms with Crippen molar-refractivity contribution in [3.63, 3.8) is 0 Å². The van der Waals surface area contributed by atoms with E-state index in [1.807, 2.05) is 13.0 Å². The number of thiophene rings is 1. The third-order valence-electron chi connectivity index (χ3n) is 6.03. The monoisotopic (exact) mass is 413 g/mol. The third-order valence-corrected chi connectivity index (χ3v) is 7.05. The van der Waals surface area contributed by atoms with Gasteiger partial charge in [0, 0.05) is 16.9 Å². The molecule has 5 heteroatoms. The zero-order valence-electron chi connectivity index (χ0n) is 17.9. The minimum atomic E-state index is -0.412. The van der Waals surface area contributed by atoms with Crippen LogP contribution in [0.25, 0.3) is 11.1 Å². The number of anilines is 1. The van der Waals surface area contributed by atoms with Crippen LogP contribution in [0.2, 0.25) is 0 Å². The summed E-state index contributed by atoms with van der Waals surface area (Å²) in [6.07, 6.45) is 7.77. The molecule has 1 N–H and O–H groups in total. The second-order valence-corrected chi connectivity index (χ2v) is 9.34. The Morgan fingerprint density at radius 1 is 1.10 bits per heavy atom. The lowest BCUT2D eigenvalue weighted by Gasteiger charge is -2.20. The van der Waals surface area contributed by atoms with Gasteiger partial charge >= 0.3 is 5.97 Å². The first-order valence-electron chi connectivity index (χ1n) is 10.5. The molecular formula is C24H31NO3S. The topological polar surface area (TPSA) is 55.4 Å². The van der Waals surface area contributed by atoms with Crippen LogP contribution in [-0.2, 0) is 9.53 Å². The number of ether oxygens (including phenoxy) is 1. The van der Waals surface area contributed by atoms with Crippen molar-refractivity contribution in [1.82, 2.24) is 0 Å². The van der Waals surface area contributed by atoms with Crippen LogP contribution >= 0.6 is 11.3 Å². The molecule has 1 aliphatic rings. The summed E-state index contributed by atoms with van der Waals surface area (Å²) in [6, 6.07) is 6.18. The van der Waals surface area contributed by atoms with Gasteiger partial charge in [0.1, 0.15) is 10.6 Å². The Morgan fingerprint density at radius 2 is 1.83 bits per heavy atom. The Morgan fingerprint density at radius 3 is 2.48 bits per heavy atom. The summed E-state index contributed by atoms with van der Waals surface area (Å²) in [5, 5.41) is 3.59. The molecule has 0 spiro atoms. The number of nitrogens with one attached hydrogen (secondary N) is 1. The van der Waals surface area contributed by atoms with Gasteiger partial charge in [-0.25, -0.2) is 4.79 Å². The summed E-state index contributed by atoms with van der Waals surface area (Å²) in [5.74, 6) is 0.226. The first-order valence-corrected chi connectivity index (χ1v) is 11.3. The highest BCUT2D eigenvalue weighted by Crippen LogP contribution is 2.41. The van der Waals surface area contributed by atoms with Gasteiger partial charge in [0.15, 0.2) is 0 Å². The Hall–Kier alpha value is -2.14. The number of esters is 1. The molecule has 0 radical (unpaired) electrons. The highest BCUT2D eigenvalue weighted by molar-refractivity contribution is 7.17. The van der Waals surface area contributed by atoms with Crippen LogP contribution in [0.1, 0.15) is 71.3 Å². The van der Waals surface area contributed by atoms with E-state index in [9.17, 15) is 9.59 Å². The number of methoxy groups -OCH3 is 1. The number of hydrogen-bond donors (Lipinski definition) is 1. The normalized spacial score (nSPS) is 14.6. The Bertz CT molecular complexity index is 894. The van der Waals surface area contributed by atoms with Gasteiger partial charge in [0.05, 0.1) is 7.11 Å². The molecule has 1 saturated carbocycles. The molecule has 3 rings (SSSR count). The fourth-order valence-electron chi connectivity index (χ4n) is 4.17. The molecule has 1 amide bonds. The maximum absolute atomic E-state index is 12.6. The average molecular weight is 414 g/mol. The summed E-state index contributed by atoms with van der Waals surface area (Å²) >= 11 is 1.45. The van der Waals surface area contributed by atoms with Crippen LogP contribution in [0.3, 0.4) is 0 Å². The molecule has 4 nitrogen and oxygen atoms in total. The molecule has 0 aliphatic heterocycles. The lowest BCUT2D eigenvalue weighted by molar-refractivity contribution is -0.116. The van der Waals surface area contributed by atoms with Gasteiger partial charge in [0.25, 0.3) is 0 Å². The first kappa shape index (κ1) is 21.6. The summed E-state index contributed by atoms with van der Waals surface area (Å²) in [5.41, 5.74) is 4.67. The minimum absolute atomic E-state index is 0.0198. The maximum Gasteiger partial charge on any atom is 0.341 e. The number of rotatable bonds is 6. The van der Waals surface area contributed by atoms with Gasteiger partial charge < -0.3 is 10.1 Å². The van der Waals surface area contributed by atoms with E-state index in [0.717, 1.165) is 22.4 Å². The number of hydrogen-bond acceptors (Lipinski definition) is 4. The van der Waals surface area contributed by atoms with Crippen LogP contribution in [0, 0.1) is 26.7 Å². The van der Waals surface area contributed by atoms with Crippen LogP contribution in [-0.4, -0.2) is 19.0 Å². The predicted octanol–water partition coefficient (Wildman–Crippen LogP) is 6.43. The standard InChI is InChI=1S/C24H31NO3S/c1-15-10-12-19(14-16(15)2)21-17(3)29-23(22(21)24(27)28-4)25-20(26)13-11-18-8-6-5-7-9-18/h10,12,14,18H,5-9,11,13H2,1-4H3,(H,25,26). The maximum atomic E-state index is 12.6. The molecule has 1 heterocycles. The van der Waals surface area contributed by atoms with Gasteiger partial charge in [-0.2, -0.15) is 0 Å². The van der Waals surface area contributed by atoms with E-state index in [1.165, 1.54) is 61.7 Å². The highest BCUT2D eigenvalue weighted by Gasteiger charge is 2.25. The molecule has 0 atom stereocenters. The summed E-state index contributed by atoms with van der Waals surface area (Å²) in [6.45, 7) is 6.12. The number of carbonyl (C=O) groups is 2. The van der Waals surface area contributed by atoms with Crippen molar-refractivity contribution in [3.05, 3.63) is 39.8 Å². The minimum Gasteiger partial charge on any atom is -0.465 e. The Balaban J connectivity index is 1.83. The average Bonchev–Trinajstić information content (AvgIpc) is 3.04. The van der Waals surface area contributed by atoms with Crippen LogP contribution < -0.4 is 5.32 Å². The van der Waals surface area contributed by atoms with E-state index < -0.39 is 5.97 Å². The molecule has 0 unspecified atom stereocenters. The molecule has 1 fully saturated rings. The van der Waals surface area contributed by atoms with Crippen LogP contribution in [0.15, 0.2) is 18.2 Å². The Kier molecular flexibility index (Phi) is 7.12. The number of carbonyl (C=O) groups excluding carboxylic acids is 2. The quantitative estimate of drug-likeness (QED) is 0.556. The van der Waals surface area contributed by atoms with Gasteiger partial charge in [-0.1, -0.05) is 50.3 Å². The SMILES string of the molecule is COC(=O)c1c(NC(=O)CCC2CCCCC2)sc(C)c1-c1ccc(C)c(C)c1. The number of benzene rings is 1. The van der Waals surface area contributed by atoms with Crippen molar-refractivity contribution >= 4 is 28.2 Å². The first-order chi connectivity index (χ1) is 13.9. The number of amides is 1. The van der Waals surface area contributed by atoms with E-state index in [1.54, 1.807) is 0 Å². The van der Waals surface area contributed by atoms with E-state index >= 15 is 0 Å². The molecule has 1 aromatic carbocycles. The molecule has 0 bridgehead atoms. The fraction of sp³-hybridized carbons (Fsp3) is 0.500. The summed E-state index contributed by atoms with van der Waals surface area (Å²) < 4.78 is 5.06. The Labute approximate surface area is 177 Å². The molecule has 1 aromatic heterocycles. The summed E-state index contributed by atoms with van der Waals surface area (Å²) in [7, 11) is 1.38. The van der Waals surface area contributed by atoms with Crippen molar-refractivity contribution < 1.29 is 14.3 Å². The van der Waals surface area contributed by atoms with Gasteiger partial charge in [-0.15, -0.1) is 11.3 Å². The van der Waals surface area contributed by atoms with Crippen LogP contribution in [0.4, 0.5) is 5.00 Å². The van der Waals surface area contributed by atoms with Crippen molar-refractivity contribution in [2.24, 2.45) is 5.92 Å². The van der Waals surface area contributed by atoms with E-state index in [2.05, 4.69) is 31.3 Å². The zero-order chi connectivity index (χ0) is 21.0. The van der Waals surface area contributed by atoms with E-state index in [4.69, 9.17) is 4.74 Å². The molecule has 0 saturated heterocycles. The van der Waals surface area contributed by atoms with Crippen molar-refractivity contribution in [2.45, 2.75) is 65.7 Å². The van der Waals surface area contributed by atoms with Gasteiger partial charge in [-0.05, 0) is 49.8 Å². The van der Waals surface area contributed by atoms with Gasteiger partial charge in [0.2, 0.25) is 5.91 Å². The largest absolute Gasteiger partial charge is 0.465 e. The van der Waals surface area contributed by atoms with Gasteiger partial charge in [-0.3, -0.25) is 4.79 Å². The second kappa shape index (κ2) is 9.57. The van der Waals surface area contributed by atoms with E-state index in [0.29, 0.717) is 22.9 Å². The molecule has 156 valence electrons. The predicted molar refractivity (Wildman–Crippen MR) is 120 cm³/mol. The van der Waals surface area contributed by atoms with Crippen LogP contribution in [0.5, 0.6) is 0 Å². The highest BCUT2D eigenvalue weighted by atomic mass is 32.1. The number of aryl methyl sites for hydroxylation is 3. The fourth-order valence-corrected chi connectivity index (χ4v) is 5.25. The molecule has 2 aromatic rings. The third kappa shape index (κ3) is 5.08. The van der Waals surface area contributed by atoms with Crippen molar-refractivity contribution in [2.75, 3.05) is 12.4 Å². The lowest BCUT2D eigenvalue weighted by Crippen LogP contribution is -2.16. The second-order valence-electron chi connectivity index (χ2n) is 8.12. The zero-order valence-corrected chi connectivity index (χ0v) is 18.7. The molecular weight excluding hydrogens is 382 g/mol. The summed E-state index contributed by atoms with van der Waals surface area (Å²) in [4.78, 5) is 26.2. The van der Waals surface area contributed by atoms with Crippen molar-refractivity contribution in [3.8, 4) is 11.1 Å². The smallest absolute Gasteiger partial charge is 0.341 e. The molecule has 29 heavy (non-hydrogen) atoms.